The number of halogens is 1. The summed E-state index contributed by atoms with van der Waals surface area (Å²) in [6, 6.07) is 12.0. The minimum absolute atomic E-state index is 0.117. The second-order valence-corrected chi connectivity index (χ2v) is 6.15. The molecule has 1 fully saturated rings. The van der Waals surface area contributed by atoms with Gasteiger partial charge in [-0.05, 0) is 30.3 Å². The van der Waals surface area contributed by atoms with Gasteiger partial charge in [0.05, 0.1) is 17.3 Å². The van der Waals surface area contributed by atoms with E-state index in [4.69, 9.17) is 5.26 Å². The van der Waals surface area contributed by atoms with Gasteiger partial charge in [-0.1, -0.05) is 6.07 Å². The Hall–Kier alpha value is -3.40. The van der Waals surface area contributed by atoms with Crippen LogP contribution in [0.2, 0.25) is 0 Å². The summed E-state index contributed by atoms with van der Waals surface area (Å²) in [5.74, 6) is -0.530. The van der Waals surface area contributed by atoms with E-state index < -0.39 is 5.82 Å². The van der Waals surface area contributed by atoms with E-state index in [1.54, 1.807) is 23.2 Å². The first kappa shape index (κ1) is 16.1. The molecule has 0 spiro atoms. The molecule has 26 heavy (non-hydrogen) atoms. The number of pyridine rings is 1. The summed E-state index contributed by atoms with van der Waals surface area (Å²) in [6.45, 7) is 2.04. The molecule has 4 rings (SSSR count). The zero-order valence-electron chi connectivity index (χ0n) is 14.0. The van der Waals surface area contributed by atoms with Gasteiger partial charge in [0.25, 0.3) is 5.91 Å². The van der Waals surface area contributed by atoms with Gasteiger partial charge in [0.15, 0.2) is 0 Å². The fourth-order valence-electron chi connectivity index (χ4n) is 3.18. The minimum atomic E-state index is -0.413. The van der Waals surface area contributed by atoms with Gasteiger partial charge in [0, 0.05) is 38.6 Å². The number of imidazole rings is 1. The number of fused-ring (bicyclic) bond motifs is 1. The van der Waals surface area contributed by atoms with Crippen LogP contribution in [-0.2, 0) is 0 Å². The molecule has 0 unspecified atom stereocenters. The maximum atomic E-state index is 14.2. The van der Waals surface area contributed by atoms with Crippen molar-refractivity contribution in [2.75, 3.05) is 31.1 Å². The van der Waals surface area contributed by atoms with E-state index in [1.165, 1.54) is 6.07 Å². The van der Waals surface area contributed by atoms with Gasteiger partial charge in [0.1, 0.15) is 17.2 Å². The van der Waals surface area contributed by atoms with E-state index in [0.717, 1.165) is 5.65 Å². The number of carbonyl (C=O) groups excluding carboxylic acids is 1. The molecule has 1 aliphatic heterocycles. The minimum Gasteiger partial charge on any atom is -0.366 e. The monoisotopic (exact) mass is 349 g/mol. The van der Waals surface area contributed by atoms with Crippen LogP contribution in [0.3, 0.4) is 0 Å². The van der Waals surface area contributed by atoms with Gasteiger partial charge in [-0.15, -0.1) is 0 Å². The number of rotatable bonds is 2. The molecule has 130 valence electrons. The molecule has 1 aromatic carbocycles. The van der Waals surface area contributed by atoms with E-state index in [-0.39, 0.29) is 5.91 Å². The number of amides is 1. The smallest absolute Gasteiger partial charge is 0.274 e. The highest BCUT2D eigenvalue weighted by Crippen LogP contribution is 2.22. The fraction of sp³-hybridized carbons (Fsp3) is 0.211. The van der Waals surface area contributed by atoms with Gasteiger partial charge in [0.2, 0.25) is 0 Å². The van der Waals surface area contributed by atoms with Crippen LogP contribution < -0.4 is 4.90 Å². The quantitative estimate of drug-likeness (QED) is 0.712. The zero-order chi connectivity index (χ0) is 18.1. The van der Waals surface area contributed by atoms with Gasteiger partial charge in [-0.2, -0.15) is 5.26 Å². The topological polar surface area (TPSA) is 64.6 Å². The van der Waals surface area contributed by atoms with Crippen molar-refractivity contribution in [1.29, 1.82) is 5.26 Å². The lowest BCUT2D eigenvalue weighted by Crippen LogP contribution is -2.49. The highest BCUT2D eigenvalue weighted by Gasteiger charge is 2.25. The van der Waals surface area contributed by atoms with Gasteiger partial charge in [-0.3, -0.25) is 4.79 Å². The van der Waals surface area contributed by atoms with Crippen LogP contribution >= 0.6 is 0 Å². The molecule has 2 aromatic heterocycles. The summed E-state index contributed by atoms with van der Waals surface area (Å²) in [5.41, 5.74) is 1.90. The third kappa shape index (κ3) is 2.86. The summed E-state index contributed by atoms with van der Waals surface area (Å²) in [4.78, 5) is 20.7. The van der Waals surface area contributed by atoms with Crippen LogP contribution in [0.4, 0.5) is 10.1 Å². The maximum absolute atomic E-state index is 14.2. The number of piperazine rings is 1. The number of benzene rings is 1. The summed E-state index contributed by atoms with van der Waals surface area (Å²) >= 11 is 0. The van der Waals surface area contributed by atoms with Crippen molar-refractivity contribution < 1.29 is 9.18 Å². The predicted octanol–water partition coefficient (Wildman–Crippen LogP) is 2.31. The van der Waals surface area contributed by atoms with Crippen LogP contribution in [0.5, 0.6) is 0 Å². The van der Waals surface area contributed by atoms with Crippen molar-refractivity contribution in [3.63, 3.8) is 0 Å². The van der Waals surface area contributed by atoms with Crippen LogP contribution in [0.25, 0.3) is 5.65 Å². The van der Waals surface area contributed by atoms with E-state index in [1.807, 2.05) is 39.8 Å². The summed E-state index contributed by atoms with van der Waals surface area (Å²) in [6.07, 6.45) is 3.58. The van der Waals surface area contributed by atoms with Crippen molar-refractivity contribution in [3.8, 4) is 6.07 Å². The van der Waals surface area contributed by atoms with E-state index >= 15 is 0 Å². The SMILES string of the molecule is N#Cc1ccc(N2CCN(C(=O)c3cn4ccccc4n3)CC2)c(F)c1. The van der Waals surface area contributed by atoms with Crippen LogP contribution in [0, 0.1) is 17.1 Å². The molecule has 0 bridgehead atoms. The number of nitrogens with zero attached hydrogens (tertiary/aromatic N) is 5. The molecular weight excluding hydrogens is 333 g/mol. The molecule has 1 saturated heterocycles. The predicted molar refractivity (Wildman–Crippen MR) is 94.4 cm³/mol. The molecule has 0 atom stereocenters. The van der Waals surface area contributed by atoms with Gasteiger partial charge < -0.3 is 14.2 Å². The second kappa shape index (κ2) is 6.48. The van der Waals surface area contributed by atoms with Crippen molar-refractivity contribution in [1.82, 2.24) is 14.3 Å². The number of hydrogen-bond donors (Lipinski definition) is 0. The average Bonchev–Trinajstić information content (AvgIpc) is 3.11. The normalized spacial score (nSPS) is 14.5. The summed E-state index contributed by atoms with van der Waals surface area (Å²) in [7, 11) is 0. The number of aromatic nitrogens is 2. The summed E-state index contributed by atoms with van der Waals surface area (Å²) < 4.78 is 16.0. The third-order valence-electron chi connectivity index (χ3n) is 4.57. The Morgan fingerprint density at radius 1 is 1.15 bits per heavy atom. The Labute approximate surface area is 149 Å². The molecule has 3 heterocycles. The van der Waals surface area contributed by atoms with Crippen molar-refractivity contribution in [2.45, 2.75) is 0 Å². The van der Waals surface area contributed by atoms with Crippen molar-refractivity contribution in [3.05, 3.63) is 65.9 Å². The highest BCUT2D eigenvalue weighted by atomic mass is 19.1. The number of hydrogen-bond acceptors (Lipinski definition) is 4. The second-order valence-electron chi connectivity index (χ2n) is 6.15. The van der Waals surface area contributed by atoms with E-state index in [0.29, 0.717) is 43.1 Å². The Bertz CT molecular complexity index is 981. The standard InChI is InChI=1S/C19H16FN5O/c20-15-11-14(12-21)4-5-17(15)23-7-9-24(10-8-23)19(26)16-13-25-6-2-1-3-18(25)22-16/h1-6,11,13H,7-10H2. The highest BCUT2D eigenvalue weighted by molar-refractivity contribution is 5.93. The first-order valence-corrected chi connectivity index (χ1v) is 8.33. The third-order valence-corrected chi connectivity index (χ3v) is 4.57. The number of nitriles is 1. The molecule has 1 amide bonds. The van der Waals surface area contributed by atoms with Gasteiger partial charge >= 0.3 is 0 Å². The van der Waals surface area contributed by atoms with Crippen molar-refractivity contribution in [2.24, 2.45) is 0 Å². The summed E-state index contributed by atoms with van der Waals surface area (Å²) in [5, 5.41) is 8.84. The Morgan fingerprint density at radius 3 is 2.65 bits per heavy atom. The lowest BCUT2D eigenvalue weighted by molar-refractivity contribution is 0.0741. The van der Waals surface area contributed by atoms with Crippen LogP contribution in [0.1, 0.15) is 16.1 Å². The fourth-order valence-corrected chi connectivity index (χ4v) is 3.18. The molecular formula is C19H16FN5O. The molecule has 3 aromatic rings. The molecule has 7 heteroatoms. The number of anilines is 1. The Kier molecular flexibility index (Phi) is 4.01. The lowest BCUT2D eigenvalue weighted by atomic mass is 10.1. The molecule has 0 radical (unpaired) electrons. The van der Waals surface area contributed by atoms with Crippen LogP contribution in [-0.4, -0.2) is 46.4 Å². The molecule has 0 aliphatic carbocycles. The van der Waals surface area contributed by atoms with Crippen molar-refractivity contribution >= 4 is 17.2 Å². The van der Waals surface area contributed by atoms with Crippen LogP contribution in [0.15, 0.2) is 48.8 Å². The molecule has 6 nitrogen and oxygen atoms in total. The molecule has 0 saturated carbocycles. The molecule has 1 aliphatic rings. The molecule has 0 N–H and O–H groups in total. The Balaban J connectivity index is 1.46. The first-order valence-electron chi connectivity index (χ1n) is 8.33. The van der Waals surface area contributed by atoms with Gasteiger partial charge in [-0.25, -0.2) is 9.37 Å². The first-order chi connectivity index (χ1) is 12.7. The average molecular weight is 349 g/mol. The van der Waals surface area contributed by atoms with E-state index in [2.05, 4.69) is 4.98 Å². The lowest BCUT2D eigenvalue weighted by Gasteiger charge is -2.36. The van der Waals surface area contributed by atoms with E-state index in [9.17, 15) is 9.18 Å². The Morgan fingerprint density at radius 2 is 1.96 bits per heavy atom. The largest absolute Gasteiger partial charge is 0.366 e. The zero-order valence-corrected chi connectivity index (χ0v) is 14.0. The maximum Gasteiger partial charge on any atom is 0.274 e. The number of carbonyl (C=O) groups is 1.